The van der Waals surface area contributed by atoms with E-state index in [1.807, 2.05) is 53.4 Å². The molecule has 0 saturated carbocycles. The Kier molecular flexibility index (Phi) is 5.36. The van der Waals surface area contributed by atoms with Gasteiger partial charge in [0.15, 0.2) is 0 Å². The van der Waals surface area contributed by atoms with Crippen molar-refractivity contribution < 1.29 is 9.59 Å². The SMILES string of the molecule is C[C@@H]1Cc2ccc(CNC(=O)c3cccc(Cl)c3)cc2N1C(=O)c1ccccc1. The highest BCUT2D eigenvalue weighted by Crippen LogP contribution is 2.34. The summed E-state index contributed by atoms with van der Waals surface area (Å²) in [5, 5.41) is 3.45. The molecule has 1 heterocycles. The molecule has 0 fully saturated rings. The third-order valence-corrected chi connectivity index (χ3v) is 5.38. The van der Waals surface area contributed by atoms with E-state index < -0.39 is 0 Å². The van der Waals surface area contributed by atoms with Gasteiger partial charge in [0.1, 0.15) is 0 Å². The first kappa shape index (κ1) is 19.2. The highest BCUT2D eigenvalue weighted by Gasteiger charge is 2.31. The molecule has 1 N–H and O–H groups in total. The highest BCUT2D eigenvalue weighted by atomic mass is 35.5. The first-order valence-corrected chi connectivity index (χ1v) is 9.95. The molecule has 0 bridgehead atoms. The van der Waals surface area contributed by atoms with E-state index in [4.69, 9.17) is 11.6 Å². The number of nitrogens with one attached hydrogen (secondary N) is 1. The van der Waals surface area contributed by atoms with E-state index in [1.165, 1.54) is 0 Å². The van der Waals surface area contributed by atoms with Gasteiger partial charge in [-0.25, -0.2) is 0 Å². The molecule has 0 radical (unpaired) electrons. The molecule has 4 rings (SSSR count). The summed E-state index contributed by atoms with van der Waals surface area (Å²) >= 11 is 5.96. The summed E-state index contributed by atoms with van der Waals surface area (Å²) in [5.74, 6) is -0.185. The van der Waals surface area contributed by atoms with Crippen molar-refractivity contribution in [2.24, 2.45) is 0 Å². The number of rotatable bonds is 4. The Balaban J connectivity index is 1.53. The second kappa shape index (κ2) is 8.10. The first-order valence-electron chi connectivity index (χ1n) is 9.57. The lowest BCUT2D eigenvalue weighted by Crippen LogP contribution is -2.35. The van der Waals surface area contributed by atoms with Crippen LogP contribution in [0.25, 0.3) is 0 Å². The monoisotopic (exact) mass is 404 g/mol. The zero-order valence-corrected chi connectivity index (χ0v) is 16.8. The van der Waals surface area contributed by atoms with Gasteiger partial charge in [-0.3, -0.25) is 9.59 Å². The Morgan fingerprint density at radius 3 is 2.52 bits per heavy atom. The average Bonchev–Trinajstić information content (AvgIpc) is 3.07. The van der Waals surface area contributed by atoms with Crippen molar-refractivity contribution >= 4 is 29.1 Å². The maximum atomic E-state index is 13.1. The molecule has 0 unspecified atom stereocenters. The van der Waals surface area contributed by atoms with Crippen LogP contribution >= 0.6 is 11.6 Å². The predicted molar refractivity (Wildman–Crippen MR) is 115 cm³/mol. The summed E-state index contributed by atoms with van der Waals surface area (Å²) in [4.78, 5) is 27.3. The Morgan fingerprint density at radius 1 is 1.00 bits per heavy atom. The smallest absolute Gasteiger partial charge is 0.258 e. The number of carbonyl (C=O) groups excluding carboxylic acids is 2. The molecule has 146 valence electrons. The topological polar surface area (TPSA) is 49.4 Å². The fourth-order valence-corrected chi connectivity index (χ4v) is 3.90. The Morgan fingerprint density at radius 2 is 1.76 bits per heavy atom. The van der Waals surface area contributed by atoms with E-state index in [1.54, 1.807) is 24.3 Å². The predicted octanol–water partition coefficient (Wildman–Crippen LogP) is 4.86. The number of halogens is 1. The number of hydrogen-bond donors (Lipinski definition) is 1. The van der Waals surface area contributed by atoms with Crippen molar-refractivity contribution in [3.05, 3.63) is 100 Å². The Labute approximate surface area is 175 Å². The standard InChI is InChI=1S/C24H21ClN2O2/c1-16-12-19-11-10-17(15-26-23(28)20-8-5-9-21(25)14-20)13-22(19)27(16)24(29)18-6-3-2-4-7-18/h2-11,13-14,16H,12,15H2,1H3,(H,26,28)/t16-/m1/s1. The van der Waals surface area contributed by atoms with Gasteiger partial charge in [-0.1, -0.05) is 48.0 Å². The van der Waals surface area contributed by atoms with Crippen LogP contribution in [-0.2, 0) is 13.0 Å². The van der Waals surface area contributed by atoms with Gasteiger partial charge in [0.2, 0.25) is 0 Å². The van der Waals surface area contributed by atoms with E-state index in [-0.39, 0.29) is 17.9 Å². The maximum absolute atomic E-state index is 13.1. The molecule has 5 heteroatoms. The fourth-order valence-electron chi connectivity index (χ4n) is 3.71. The maximum Gasteiger partial charge on any atom is 0.258 e. The third kappa shape index (κ3) is 4.03. The minimum absolute atomic E-state index is 0.00281. The van der Waals surface area contributed by atoms with Gasteiger partial charge in [0, 0.05) is 34.4 Å². The molecule has 1 aliphatic heterocycles. The van der Waals surface area contributed by atoms with Crippen molar-refractivity contribution in [2.45, 2.75) is 25.9 Å². The first-order chi connectivity index (χ1) is 14.0. The minimum atomic E-state index is -0.182. The second-order valence-corrected chi connectivity index (χ2v) is 7.69. The van der Waals surface area contributed by atoms with Gasteiger partial charge >= 0.3 is 0 Å². The Bertz CT molecular complexity index is 1070. The van der Waals surface area contributed by atoms with Crippen LogP contribution in [0.2, 0.25) is 5.02 Å². The molecule has 0 aromatic heterocycles. The molecular weight excluding hydrogens is 384 g/mol. The van der Waals surface area contributed by atoms with Crippen LogP contribution in [0.5, 0.6) is 0 Å². The lowest BCUT2D eigenvalue weighted by Gasteiger charge is -2.23. The zero-order valence-electron chi connectivity index (χ0n) is 16.1. The molecule has 0 saturated heterocycles. The number of hydrogen-bond acceptors (Lipinski definition) is 2. The molecule has 4 nitrogen and oxygen atoms in total. The summed E-state index contributed by atoms with van der Waals surface area (Å²) in [5.41, 5.74) is 4.20. The van der Waals surface area contributed by atoms with Gasteiger partial charge < -0.3 is 10.2 Å². The van der Waals surface area contributed by atoms with Crippen molar-refractivity contribution in [3.63, 3.8) is 0 Å². The zero-order chi connectivity index (χ0) is 20.4. The normalized spacial score (nSPS) is 15.1. The highest BCUT2D eigenvalue weighted by molar-refractivity contribution is 6.30. The minimum Gasteiger partial charge on any atom is -0.348 e. The molecule has 0 aliphatic carbocycles. The number of benzene rings is 3. The average molecular weight is 405 g/mol. The summed E-state index contributed by atoms with van der Waals surface area (Å²) in [6.45, 7) is 2.43. The van der Waals surface area contributed by atoms with E-state index in [0.717, 1.165) is 23.2 Å². The number of fused-ring (bicyclic) bond motifs is 1. The fraction of sp³-hybridized carbons (Fsp3) is 0.167. The van der Waals surface area contributed by atoms with Gasteiger partial charge in [0.25, 0.3) is 11.8 Å². The van der Waals surface area contributed by atoms with Gasteiger partial charge in [-0.2, -0.15) is 0 Å². The quantitative estimate of drug-likeness (QED) is 0.675. The Hall–Kier alpha value is -3.11. The second-order valence-electron chi connectivity index (χ2n) is 7.25. The van der Waals surface area contributed by atoms with E-state index in [2.05, 4.69) is 12.2 Å². The number of nitrogens with zero attached hydrogens (tertiary/aromatic N) is 1. The van der Waals surface area contributed by atoms with E-state index in [0.29, 0.717) is 22.7 Å². The van der Waals surface area contributed by atoms with E-state index in [9.17, 15) is 9.59 Å². The summed E-state index contributed by atoms with van der Waals surface area (Å²) in [6, 6.07) is 22.3. The number of carbonyl (C=O) groups is 2. The number of amides is 2. The van der Waals surface area contributed by atoms with Crippen LogP contribution in [-0.4, -0.2) is 17.9 Å². The van der Waals surface area contributed by atoms with E-state index >= 15 is 0 Å². The van der Waals surface area contributed by atoms with Gasteiger partial charge in [-0.05, 0) is 60.9 Å². The molecule has 2 amide bonds. The lowest BCUT2D eigenvalue weighted by atomic mass is 10.1. The van der Waals surface area contributed by atoms with Crippen LogP contribution in [0.1, 0.15) is 38.8 Å². The molecule has 1 aliphatic rings. The summed E-state index contributed by atoms with van der Waals surface area (Å²) in [6.07, 6.45) is 0.822. The van der Waals surface area contributed by atoms with Crippen molar-refractivity contribution in [1.82, 2.24) is 5.32 Å². The number of anilines is 1. The molecular formula is C24H21ClN2O2. The molecule has 3 aromatic rings. The van der Waals surface area contributed by atoms with Crippen LogP contribution in [0.3, 0.4) is 0 Å². The van der Waals surface area contributed by atoms with Crippen LogP contribution < -0.4 is 10.2 Å². The third-order valence-electron chi connectivity index (χ3n) is 5.14. The molecule has 29 heavy (non-hydrogen) atoms. The van der Waals surface area contributed by atoms with Crippen molar-refractivity contribution in [2.75, 3.05) is 4.90 Å². The van der Waals surface area contributed by atoms with Gasteiger partial charge in [-0.15, -0.1) is 0 Å². The van der Waals surface area contributed by atoms with Crippen LogP contribution in [0, 0.1) is 0 Å². The van der Waals surface area contributed by atoms with Crippen LogP contribution in [0.4, 0.5) is 5.69 Å². The van der Waals surface area contributed by atoms with Crippen LogP contribution in [0.15, 0.2) is 72.8 Å². The van der Waals surface area contributed by atoms with Gasteiger partial charge in [0.05, 0.1) is 0 Å². The molecule has 1 atom stereocenters. The molecule has 3 aromatic carbocycles. The largest absolute Gasteiger partial charge is 0.348 e. The summed E-state index contributed by atoms with van der Waals surface area (Å²) < 4.78 is 0. The van der Waals surface area contributed by atoms with Crippen molar-refractivity contribution in [3.8, 4) is 0 Å². The summed E-state index contributed by atoms with van der Waals surface area (Å²) in [7, 11) is 0. The lowest BCUT2D eigenvalue weighted by molar-refractivity contribution is 0.0948. The van der Waals surface area contributed by atoms with Crippen molar-refractivity contribution in [1.29, 1.82) is 0 Å². The molecule has 0 spiro atoms.